The molecule has 2 N–H and O–H groups in total. The first kappa shape index (κ1) is 15.6. The maximum absolute atomic E-state index is 12.7. The highest BCUT2D eigenvalue weighted by Crippen LogP contribution is 2.39. The van der Waals surface area contributed by atoms with Crippen LogP contribution in [0.3, 0.4) is 0 Å². The van der Waals surface area contributed by atoms with Crippen LogP contribution in [0.5, 0.6) is 0 Å². The topological polar surface area (TPSA) is 97.6 Å². The summed E-state index contributed by atoms with van der Waals surface area (Å²) in [6, 6.07) is 3.68. The van der Waals surface area contributed by atoms with Crippen LogP contribution in [-0.2, 0) is 13.6 Å². The Hall–Kier alpha value is -2.90. The highest BCUT2D eigenvalue weighted by molar-refractivity contribution is 6.06. The summed E-state index contributed by atoms with van der Waals surface area (Å²) in [7, 11) is 1.75. The minimum atomic E-state index is -0.321. The van der Waals surface area contributed by atoms with Crippen molar-refractivity contribution in [3.63, 3.8) is 0 Å². The van der Waals surface area contributed by atoms with Crippen molar-refractivity contribution in [3.05, 3.63) is 39.6 Å². The van der Waals surface area contributed by atoms with Gasteiger partial charge in [-0.05, 0) is 38.8 Å². The maximum Gasteiger partial charge on any atom is 0.275 e. The molecular weight excluding hydrogens is 320 g/mol. The van der Waals surface area contributed by atoms with Crippen molar-refractivity contribution < 1.29 is 4.79 Å². The number of H-pyrrole nitrogens is 1. The van der Waals surface area contributed by atoms with Gasteiger partial charge in [-0.15, -0.1) is 0 Å². The van der Waals surface area contributed by atoms with E-state index in [1.807, 2.05) is 26.0 Å². The number of hydrogen-bond donors (Lipinski definition) is 2. The highest BCUT2D eigenvalue weighted by atomic mass is 16.2. The lowest BCUT2D eigenvalue weighted by molar-refractivity contribution is 0.101. The molecule has 1 amide bonds. The van der Waals surface area contributed by atoms with Crippen LogP contribution in [0.25, 0.3) is 10.9 Å². The van der Waals surface area contributed by atoms with E-state index in [1.165, 1.54) is 0 Å². The van der Waals surface area contributed by atoms with Gasteiger partial charge in [0.05, 0.1) is 11.2 Å². The van der Waals surface area contributed by atoms with Crippen molar-refractivity contribution in [1.29, 1.82) is 0 Å². The average molecular weight is 340 g/mol. The summed E-state index contributed by atoms with van der Waals surface area (Å²) >= 11 is 0. The lowest BCUT2D eigenvalue weighted by Gasteiger charge is -2.07. The van der Waals surface area contributed by atoms with Crippen LogP contribution >= 0.6 is 0 Å². The lowest BCUT2D eigenvalue weighted by atomic mass is 10.2. The number of hydrogen-bond acceptors (Lipinski definition) is 4. The monoisotopic (exact) mass is 340 g/mol. The zero-order valence-corrected chi connectivity index (χ0v) is 14.5. The molecule has 3 aromatic rings. The van der Waals surface area contributed by atoms with Crippen LogP contribution in [0, 0.1) is 6.92 Å². The van der Waals surface area contributed by atoms with E-state index in [-0.39, 0.29) is 17.3 Å². The number of carbonyl (C=O) groups excluding carboxylic acids is 1. The smallest absolute Gasteiger partial charge is 0.275 e. The molecule has 0 radical (unpaired) electrons. The lowest BCUT2D eigenvalue weighted by Crippen LogP contribution is -2.23. The average Bonchev–Trinajstić information content (AvgIpc) is 3.24. The second kappa shape index (κ2) is 5.58. The molecular formula is C17H20N6O2. The van der Waals surface area contributed by atoms with Crippen LogP contribution in [0.15, 0.2) is 16.9 Å². The highest BCUT2D eigenvalue weighted by Gasteiger charge is 2.28. The zero-order chi connectivity index (χ0) is 17.7. The van der Waals surface area contributed by atoms with Gasteiger partial charge in [-0.25, -0.2) is 0 Å². The number of fused-ring (bicyclic) bond motifs is 1. The van der Waals surface area contributed by atoms with Crippen molar-refractivity contribution in [2.75, 3.05) is 5.32 Å². The molecule has 1 fully saturated rings. The summed E-state index contributed by atoms with van der Waals surface area (Å²) in [5.74, 6) is 0.401. The molecule has 0 aliphatic heterocycles. The molecule has 1 aliphatic rings. The van der Waals surface area contributed by atoms with Crippen molar-refractivity contribution in [3.8, 4) is 0 Å². The van der Waals surface area contributed by atoms with Gasteiger partial charge in [-0.3, -0.25) is 19.4 Å². The largest absolute Gasteiger partial charge is 0.312 e. The van der Waals surface area contributed by atoms with Gasteiger partial charge in [0.2, 0.25) is 0 Å². The molecule has 25 heavy (non-hydrogen) atoms. The quantitative estimate of drug-likeness (QED) is 0.758. The van der Waals surface area contributed by atoms with Gasteiger partial charge < -0.3 is 9.88 Å². The Morgan fingerprint density at radius 3 is 2.84 bits per heavy atom. The Morgan fingerprint density at radius 2 is 2.16 bits per heavy atom. The molecule has 0 saturated heterocycles. The van der Waals surface area contributed by atoms with E-state index in [0.29, 0.717) is 29.1 Å². The number of nitrogens with one attached hydrogen (secondary N) is 2. The predicted molar refractivity (Wildman–Crippen MR) is 93.9 cm³/mol. The molecule has 130 valence electrons. The minimum Gasteiger partial charge on any atom is -0.312 e. The Morgan fingerprint density at radius 1 is 1.40 bits per heavy atom. The number of amides is 1. The summed E-state index contributed by atoms with van der Waals surface area (Å²) < 4.78 is 3.23. The molecule has 0 unspecified atom stereocenters. The number of nitrogens with zero attached hydrogens (tertiary/aromatic N) is 4. The van der Waals surface area contributed by atoms with E-state index in [4.69, 9.17) is 0 Å². The molecule has 1 aliphatic carbocycles. The molecule has 0 spiro atoms. The second-order valence-electron chi connectivity index (χ2n) is 6.50. The number of rotatable bonds is 4. The minimum absolute atomic E-state index is 0.162. The van der Waals surface area contributed by atoms with Crippen LogP contribution in [0.2, 0.25) is 0 Å². The Balaban J connectivity index is 1.71. The van der Waals surface area contributed by atoms with Crippen molar-refractivity contribution in [1.82, 2.24) is 24.5 Å². The fourth-order valence-electron chi connectivity index (χ4n) is 3.19. The van der Waals surface area contributed by atoms with Crippen molar-refractivity contribution in [2.45, 2.75) is 39.2 Å². The number of anilines is 1. The zero-order valence-electron chi connectivity index (χ0n) is 14.5. The number of aryl methyl sites for hydroxylation is 2. The van der Waals surface area contributed by atoms with Gasteiger partial charge in [0.15, 0.2) is 5.82 Å². The predicted octanol–water partition coefficient (Wildman–Crippen LogP) is 1.92. The third-order valence-electron chi connectivity index (χ3n) is 4.71. The van der Waals surface area contributed by atoms with Crippen LogP contribution in [0.1, 0.15) is 47.6 Å². The fourth-order valence-corrected chi connectivity index (χ4v) is 3.19. The van der Waals surface area contributed by atoms with Crippen LogP contribution in [0.4, 0.5) is 5.82 Å². The van der Waals surface area contributed by atoms with E-state index < -0.39 is 0 Å². The third-order valence-corrected chi connectivity index (χ3v) is 4.71. The summed E-state index contributed by atoms with van der Waals surface area (Å²) in [4.78, 5) is 25.3. The van der Waals surface area contributed by atoms with Crippen molar-refractivity contribution >= 4 is 22.6 Å². The maximum atomic E-state index is 12.7. The normalized spacial score (nSPS) is 14.2. The van der Waals surface area contributed by atoms with Crippen LogP contribution in [-0.4, -0.2) is 30.5 Å². The van der Waals surface area contributed by atoms with Crippen molar-refractivity contribution in [2.24, 2.45) is 7.05 Å². The van der Waals surface area contributed by atoms with Gasteiger partial charge >= 0.3 is 0 Å². The SMILES string of the molecule is CCn1c(C)cc2[nH]nc(NC(=O)c3cc(C4CC4)nn3C)c2c1=O. The van der Waals surface area contributed by atoms with E-state index >= 15 is 0 Å². The Kier molecular flexibility index (Phi) is 3.48. The molecule has 3 heterocycles. The van der Waals surface area contributed by atoms with E-state index in [0.717, 1.165) is 24.2 Å². The standard InChI is InChI=1S/C17H20N6O2/c1-4-23-9(2)7-12-14(17(23)25)15(20-19-12)18-16(24)13-8-11(10-5-6-10)21-22(13)3/h7-8,10H,4-6H2,1-3H3,(H2,18,19,20,24). The summed E-state index contributed by atoms with van der Waals surface area (Å²) in [6.07, 6.45) is 2.25. The van der Waals surface area contributed by atoms with Gasteiger partial charge in [-0.2, -0.15) is 10.2 Å². The number of carbonyl (C=O) groups is 1. The first-order chi connectivity index (χ1) is 12.0. The Bertz CT molecular complexity index is 1040. The molecule has 1 saturated carbocycles. The summed E-state index contributed by atoms with van der Waals surface area (Å²) in [5, 5.41) is 14.5. The molecule has 0 bridgehead atoms. The molecule has 8 heteroatoms. The van der Waals surface area contributed by atoms with Crippen LogP contribution < -0.4 is 10.9 Å². The molecule has 3 aromatic heterocycles. The first-order valence-corrected chi connectivity index (χ1v) is 8.43. The van der Waals surface area contributed by atoms with E-state index in [1.54, 1.807) is 16.3 Å². The van der Waals surface area contributed by atoms with Gasteiger partial charge in [0.25, 0.3) is 11.5 Å². The second-order valence-corrected chi connectivity index (χ2v) is 6.50. The van der Waals surface area contributed by atoms with E-state index in [9.17, 15) is 9.59 Å². The van der Waals surface area contributed by atoms with Gasteiger partial charge in [-0.1, -0.05) is 0 Å². The van der Waals surface area contributed by atoms with Gasteiger partial charge in [0.1, 0.15) is 11.1 Å². The number of aromatic amines is 1. The fraction of sp³-hybridized carbons (Fsp3) is 0.412. The number of pyridine rings is 1. The number of aromatic nitrogens is 5. The summed E-state index contributed by atoms with van der Waals surface area (Å²) in [6.45, 7) is 4.34. The summed E-state index contributed by atoms with van der Waals surface area (Å²) in [5.41, 5.74) is 2.71. The van der Waals surface area contributed by atoms with Gasteiger partial charge in [0, 0.05) is 25.2 Å². The molecule has 4 rings (SSSR count). The molecule has 8 nitrogen and oxygen atoms in total. The Labute approximate surface area is 143 Å². The van der Waals surface area contributed by atoms with E-state index in [2.05, 4.69) is 20.6 Å². The molecule has 0 atom stereocenters. The third kappa shape index (κ3) is 2.54. The first-order valence-electron chi connectivity index (χ1n) is 8.43. The molecule has 0 aromatic carbocycles.